The largest absolute Gasteiger partial charge is 0.396 e. The van der Waals surface area contributed by atoms with Gasteiger partial charge in [0.1, 0.15) is 0 Å². The van der Waals surface area contributed by atoms with Crippen molar-refractivity contribution in [1.82, 2.24) is 9.97 Å². The lowest BCUT2D eigenvalue weighted by atomic mass is 9.91. The molecule has 0 aromatic carbocycles. The molecule has 2 atom stereocenters. The molecule has 2 heterocycles. The number of nitrogens with zero attached hydrogens (tertiary/aromatic N) is 3. The van der Waals surface area contributed by atoms with Gasteiger partial charge in [0.25, 0.3) is 0 Å². The topological polar surface area (TPSA) is 58.5 Å². The van der Waals surface area contributed by atoms with Crippen molar-refractivity contribution in [2.45, 2.75) is 25.9 Å². The van der Waals surface area contributed by atoms with Crippen LogP contribution in [-0.2, 0) is 11.3 Å². The number of rotatable bonds is 5. The van der Waals surface area contributed by atoms with Crippen molar-refractivity contribution >= 4 is 5.95 Å². The zero-order chi connectivity index (χ0) is 13.9. The molecule has 0 spiro atoms. The Labute approximate surface area is 120 Å². The Morgan fingerprint density at radius 3 is 2.55 bits per heavy atom. The van der Waals surface area contributed by atoms with E-state index >= 15 is 0 Å². The quantitative estimate of drug-likeness (QED) is 0.883. The highest BCUT2D eigenvalue weighted by Gasteiger charge is 2.43. The summed E-state index contributed by atoms with van der Waals surface area (Å²) in [7, 11) is 1.68. The van der Waals surface area contributed by atoms with Crippen molar-refractivity contribution in [3.05, 3.63) is 18.0 Å². The third-order valence-corrected chi connectivity index (χ3v) is 4.64. The fraction of sp³-hybridized carbons (Fsp3) is 0.733. The molecular weight excluding hydrogens is 254 g/mol. The Hall–Kier alpha value is -1.20. The fourth-order valence-corrected chi connectivity index (χ4v) is 3.34. The molecule has 1 aromatic rings. The van der Waals surface area contributed by atoms with Crippen molar-refractivity contribution in [2.75, 3.05) is 31.7 Å². The minimum atomic E-state index is 0.370. The van der Waals surface area contributed by atoms with Crippen LogP contribution in [0.3, 0.4) is 0 Å². The van der Waals surface area contributed by atoms with Crippen LogP contribution >= 0.6 is 0 Å². The van der Waals surface area contributed by atoms with Gasteiger partial charge in [-0.1, -0.05) is 0 Å². The highest BCUT2D eigenvalue weighted by Crippen LogP contribution is 2.47. The van der Waals surface area contributed by atoms with Gasteiger partial charge < -0.3 is 14.7 Å². The molecule has 2 unspecified atom stereocenters. The number of methoxy groups -OCH3 is 1. The fourth-order valence-electron chi connectivity index (χ4n) is 3.34. The summed E-state index contributed by atoms with van der Waals surface area (Å²) >= 11 is 0. The lowest BCUT2D eigenvalue weighted by molar-refractivity contribution is 0.184. The van der Waals surface area contributed by atoms with Gasteiger partial charge in [-0.15, -0.1) is 0 Å². The Bertz CT molecular complexity index is 429. The molecule has 3 rings (SSSR count). The number of aromatic nitrogens is 2. The first-order chi connectivity index (χ1) is 9.81. The summed E-state index contributed by atoms with van der Waals surface area (Å²) in [6.07, 6.45) is 7.32. The molecule has 110 valence electrons. The molecule has 2 aliphatic rings. The number of piperidine rings is 1. The highest BCUT2D eigenvalue weighted by atomic mass is 16.5. The zero-order valence-corrected chi connectivity index (χ0v) is 12.0. The molecule has 1 N–H and O–H groups in total. The maximum atomic E-state index is 9.17. The van der Waals surface area contributed by atoms with Crippen LogP contribution in [0, 0.1) is 17.8 Å². The third-order valence-electron chi connectivity index (χ3n) is 4.64. The maximum absolute atomic E-state index is 9.17. The average Bonchev–Trinajstić information content (AvgIpc) is 3.28. The molecule has 1 aliphatic heterocycles. The summed E-state index contributed by atoms with van der Waals surface area (Å²) in [5, 5.41) is 9.17. The van der Waals surface area contributed by atoms with E-state index in [9.17, 15) is 0 Å². The first-order valence-electron chi connectivity index (χ1n) is 7.47. The van der Waals surface area contributed by atoms with E-state index < -0.39 is 0 Å². The SMILES string of the molecule is COCc1cnc(N2CCC(C3CC3CO)CC2)nc1. The smallest absolute Gasteiger partial charge is 0.225 e. The lowest BCUT2D eigenvalue weighted by Crippen LogP contribution is -2.35. The molecular formula is C15H23N3O2. The van der Waals surface area contributed by atoms with Gasteiger partial charge in [0, 0.05) is 44.8 Å². The monoisotopic (exact) mass is 277 g/mol. The van der Waals surface area contributed by atoms with E-state index in [1.54, 1.807) is 7.11 Å². The van der Waals surface area contributed by atoms with Crippen molar-refractivity contribution in [1.29, 1.82) is 0 Å². The summed E-state index contributed by atoms with van der Waals surface area (Å²) in [6.45, 7) is 2.99. The second-order valence-corrected chi connectivity index (χ2v) is 5.99. The molecule has 1 saturated carbocycles. The van der Waals surface area contributed by atoms with Gasteiger partial charge >= 0.3 is 0 Å². The summed E-state index contributed by atoms with van der Waals surface area (Å²) in [5.41, 5.74) is 1.01. The van der Waals surface area contributed by atoms with Gasteiger partial charge in [-0.25, -0.2) is 9.97 Å². The van der Waals surface area contributed by atoms with E-state index in [1.807, 2.05) is 12.4 Å². The van der Waals surface area contributed by atoms with Crippen LogP contribution in [0.2, 0.25) is 0 Å². The van der Waals surface area contributed by atoms with E-state index in [4.69, 9.17) is 9.84 Å². The van der Waals surface area contributed by atoms with E-state index in [0.29, 0.717) is 19.1 Å². The second kappa shape index (κ2) is 6.06. The Morgan fingerprint density at radius 1 is 1.30 bits per heavy atom. The zero-order valence-electron chi connectivity index (χ0n) is 12.0. The Morgan fingerprint density at radius 2 is 2.00 bits per heavy atom. The Balaban J connectivity index is 1.52. The van der Waals surface area contributed by atoms with Crippen LogP contribution in [0.1, 0.15) is 24.8 Å². The minimum absolute atomic E-state index is 0.370. The number of anilines is 1. The number of aliphatic hydroxyl groups excluding tert-OH is 1. The lowest BCUT2D eigenvalue weighted by Gasteiger charge is -2.32. The van der Waals surface area contributed by atoms with E-state index in [1.165, 1.54) is 19.3 Å². The maximum Gasteiger partial charge on any atom is 0.225 e. The van der Waals surface area contributed by atoms with Crippen LogP contribution in [0.4, 0.5) is 5.95 Å². The molecule has 1 aromatic heterocycles. The molecule has 0 radical (unpaired) electrons. The van der Waals surface area contributed by atoms with Crippen molar-refractivity contribution in [3.8, 4) is 0 Å². The van der Waals surface area contributed by atoms with E-state index in [2.05, 4.69) is 14.9 Å². The normalized spacial score (nSPS) is 26.8. The van der Waals surface area contributed by atoms with Gasteiger partial charge in [0.2, 0.25) is 5.95 Å². The molecule has 2 fully saturated rings. The third kappa shape index (κ3) is 2.94. The van der Waals surface area contributed by atoms with E-state index in [0.717, 1.165) is 36.4 Å². The van der Waals surface area contributed by atoms with Crippen LogP contribution in [0.5, 0.6) is 0 Å². The van der Waals surface area contributed by atoms with Crippen LogP contribution in [0.25, 0.3) is 0 Å². The highest BCUT2D eigenvalue weighted by molar-refractivity contribution is 5.30. The van der Waals surface area contributed by atoms with E-state index in [-0.39, 0.29) is 0 Å². The van der Waals surface area contributed by atoms with Crippen LogP contribution < -0.4 is 4.90 Å². The van der Waals surface area contributed by atoms with Crippen molar-refractivity contribution < 1.29 is 9.84 Å². The minimum Gasteiger partial charge on any atom is -0.396 e. The summed E-state index contributed by atoms with van der Waals surface area (Å²) < 4.78 is 5.07. The molecule has 5 heteroatoms. The first kappa shape index (κ1) is 13.8. The van der Waals surface area contributed by atoms with Crippen LogP contribution in [0.15, 0.2) is 12.4 Å². The predicted molar refractivity (Wildman–Crippen MR) is 76.4 cm³/mol. The molecule has 1 aliphatic carbocycles. The number of hydrogen-bond donors (Lipinski definition) is 1. The van der Waals surface area contributed by atoms with Gasteiger partial charge in [-0.05, 0) is 37.0 Å². The molecule has 1 saturated heterocycles. The molecule has 5 nitrogen and oxygen atoms in total. The van der Waals surface area contributed by atoms with Gasteiger partial charge in [0.15, 0.2) is 0 Å². The summed E-state index contributed by atoms with van der Waals surface area (Å²) in [4.78, 5) is 11.1. The number of hydrogen-bond acceptors (Lipinski definition) is 5. The Kier molecular flexibility index (Phi) is 4.17. The van der Waals surface area contributed by atoms with Crippen molar-refractivity contribution in [2.24, 2.45) is 17.8 Å². The summed E-state index contributed by atoms with van der Waals surface area (Å²) in [6, 6.07) is 0. The van der Waals surface area contributed by atoms with Crippen molar-refractivity contribution in [3.63, 3.8) is 0 Å². The number of ether oxygens (including phenoxy) is 1. The first-order valence-corrected chi connectivity index (χ1v) is 7.47. The van der Waals surface area contributed by atoms with Gasteiger partial charge in [-0.3, -0.25) is 0 Å². The second-order valence-electron chi connectivity index (χ2n) is 5.99. The average molecular weight is 277 g/mol. The van der Waals surface area contributed by atoms with Gasteiger partial charge in [-0.2, -0.15) is 0 Å². The molecule has 20 heavy (non-hydrogen) atoms. The molecule has 0 amide bonds. The standard InChI is InChI=1S/C15H23N3O2/c1-20-10-11-7-16-15(17-8-11)18-4-2-12(3-5-18)14-6-13(14)9-19/h7-8,12-14,19H,2-6,9-10H2,1H3. The predicted octanol–water partition coefficient (Wildman–Crippen LogP) is 1.47. The van der Waals surface area contributed by atoms with Crippen LogP contribution in [-0.4, -0.2) is 41.9 Å². The molecule has 0 bridgehead atoms. The summed E-state index contributed by atoms with van der Waals surface area (Å²) in [5.74, 6) is 2.97. The van der Waals surface area contributed by atoms with Gasteiger partial charge in [0.05, 0.1) is 6.61 Å². The number of aliphatic hydroxyl groups is 1.